The molecule has 3 rings (SSSR count). The zero-order chi connectivity index (χ0) is 22.3. The lowest BCUT2D eigenvalue weighted by atomic mass is 9.91. The lowest BCUT2D eigenvalue weighted by Gasteiger charge is -2.25. The van der Waals surface area contributed by atoms with Crippen molar-refractivity contribution in [3.63, 3.8) is 0 Å². The van der Waals surface area contributed by atoms with Crippen molar-refractivity contribution in [2.24, 2.45) is 11.3 Å². The number of ether oxygens (including phenoxy) is 1. The zero-order valence-electron chi connectivity index (χ0n) is 18.4. The maximum absolute atomic E-state index is 12.9. The monoisotopic (exact) mass is 436 g/mol. The van der Waals surface area contributed by atoms with E-state index in [-0.39, 0.29) is 10.3 Å². The normalized spacial score (nSPS) is 16.8. The van der Waals surface area contributed by atoms with Crippen LogP contribution in [0.5, 0.6) is 0 Å². The molecule has 0 aliphatic carbocycles. The number of rotatable bonds is 6. The van der Waals surface area contributed by atoms with Gasteiger partial charge in [0.25, 0.3) is 0 Å². The molecular weight excluding hydrogens is 404 g/mol. The number of fused-ring (bicyclic) bond motifs is 1. The van der Waals surface area contributed by atoms with Gasteiger partial charge in [0.2, 0.25) is 0 Å². The van der Waals surface area contributed by atoms with Gasteiger partial charge in [-0.05, 0) is 56.2 Å². The van der Waals surface area contributed by atoms with Gasteiger partial charge in [0.1, 0.15) is 5.82 Å². The molecule has 7 nitrogen and oxygen atoms in total. The number of carboxylic acids is 1. The number of benzene rings is 1. The molecule has 2 aromatic rings. The summed E-state index contributed by atoms with van der Waals surface area (Å²) in [5.41, 5.74) is 1.49. The van der Waals surface area contributed by atoms with Crippen molar-refractivity contribution < 1.29 is 23.1 Å². The van der Waals surface area contributed by atoms with E-state index in [1.165, 1.54) is 26.0 Å². The van der Waals surface area contributed by atoms with Crippen LogP contribution in [0.25, 0.3) is 11.0 Å². The fraction of sp³-hybridized carbons (Fsp3) is 0.636. The van der Waals surface area contributed by atoms with E-state index in [1.807, 2.05) is 0 Å². The molecule has 0 saturated carbocycles. The number of hydrogen-bond donors (Lipinski definition) is 1. The highest BCUT2D eigenvalue weighted by atomic mass is 32.2. The summed E-state index contributed by atoms with van der Waals surface area (Å²) in [6.07, 6.45) is 2.75. The summed E-state index contributed by atoms with van der Waals surface area (Å²) < 4.78 is 31.7. The molecule has 1 fully saturated rings. The SMILES string of the molecule is CC(C)(C)Cc1nc2cc(S(=O)(=O)C(C)(C)C(=O)O)ccc2n1CC1CCOCC1. The van der Waals surface area contributed by atoms with Crippen molar-refractivity contribution in [1.29, 1.82) is 0 Å². The molecule has 1 aliphatic heterocycles. The van der Waals surface area contributed by atoms with Crippen molar-refractivity contribution in [2.75, 3.05) is 13.2 Å². The number of sulfone groups is 1. The Kier molecular flexibility index (Phi) is 6.04. The maximum atomic E-state index is 12.9. The summed E-state index contributed by atoms with van der Waals surface area (Å²) in [6, 6.07) is 4.78. The number of aromatic nitrogens is 2. The van der Waals surface area contributed by atoms with Crippen molar-refractivity contribution in [1.82, 2.24) is 9.55 Å². The van der Waals surface area contributed by atoms with Crippen molar-refractivity contribution >= 4 is 26.8 Å². The highest BCUT2D eigenvalue weighted by Crippen LogP contribution is 2.31. The Morgan fingerprint density at radius 1 is 1.20 bits per heavy atom. The van der Waals surface area contributed by atoms with Gasteiger partial charge in [0, 0.05) is 26.2 Å². The van der Waals surface area contributed by atoms with E-state index in [0.29, 0.717) is 11.4 Å². The summed E-state index contributed by atoms with van der Waals surface area (Å²) in [7, 11) is -4.06. The quantitative estimate of drug-likeness (QED) is 0.742. The predicted molar refractivity (Wildman–Crippen MR) is 115 cm³/mol. The van der Waals surface area contributed by atoms with E-state index in [2.05, 4.69) is 25.3 Å². The molecule has 1 aromatic carbocycles. The molecule has 8 heteroatoms. The van der Waals surface area contributed by atoms with Gasteiger partial charge in [-0.15, -0.1) is 0 Å². The molecule has 1 aromatic heterocycles. The summed E-state index contributed by atoms with van der Waals surface area (Å²) in [4.78, 5) is 16.3. The second-order valence-electron chi connectivity index (χ2n) is 9.90. The van der Waals surface area contributed by atoms with Crippen LogP contribution in [0, 0.1) is 11.3 Å². The molecule has 0 spiro atoms. The van der Waals surface area contributed by atoms with Gasteiger partial charge in [-0.25, -0.2) is 13.4 Å². The average molecular weight is 437 g/mol. The summed E-state index contributed by atoms with van der Waals surface area (Å²) >= 11 is 0. The number of carbonyl (C=O) groups is 1. The first kappa shape index (κ1) is 22.7. The van der Waals surface area contributed by atoms with E-state index in [0.717, 1.165) is 50.4 Å². The molecule has 1 N–H and O–H groups in total. The fourth-order valence-electron chi connectivity index (χ4n) is 3.74. The Balaban J connectivity index is 2.08. The smallest absolute Gasteiger partial charge is 0.324 e. The van der Waals surface area contributed by atoms with Gasteiger partial charge >= 0.3 is 5.97 Å². The van der Waals surface area contributed by atoms with Crippen molar-refractivity contribution in [3.05, 3.63) is 24.0 Å². The van der Waals surface area contributed by atoms with Crippen LogP contribution >= 0.6 is 0 Å². The highest BCUT2D eigenvalue weighted by molar-refractivity contribution is 7.93. The standard InChI is InChI=1S/C22H32N2O5S/c1-21(2,3)13-19-23-17-12-16(30(27,28)22(4,5)20(25)26)6-7-18(17)24(19)14-15-8-10-29-11-9-15/h6-7,12,15H,8-11,13-14H2,1-5H3,(H,25,26). The molecule has 2 heterocycles. The molecular formula is C22H32N2O5S. The van der Waals surface area contributed by atoms with Crippen LogP contribution in [0.1, 0.15) is 53.3 Å². The molecule has 0 bridgehead atoms. The van der Waals surface area contributed by atoms with Crippen LogP contribution in [0.3, 0.4) is 0 Å². The van der Waals surface area contributed by atoms with E-state index in [4.69, 9.17) is 9.72 Å². The zero-order valence-corrected chi connectivity index (χ0v) is 19.3. The minimum Gasteiger partial charge on any atom is -0.480 e. The molecule has 1 aliphatic rings. The van der Waals surface area contributed by atoms with E-state index < -0.39 is 20.6 Å². The van der Waals surface area contributed by atoms with E-state index in [1.54, 1.807) is 6.07 Å². The second kappa shape index (κ2) is 7.96. The first-order valence-electron chi connectivity index (χ1n) is 10.4. The first-order chi connectivity index (χ1) is 13.8. The number of carboxylic acid groups (broad SMARTS) is 1. The molecule has 0 atom stereocenters. The Hall–Kier alpha value is -1.93. The maximum Gasteiger partial charge on any atom is 0.324 e. The molecule has 0 unspecified atom stereocenters. The molecule has 0 radical (unpaired) electrons. The Morgan fingerprint density at radius 2 is 1.83 bits per heavy atom. The number of imidazole rings is 1. The largest absolute Gasteiger partial charge is 0.480 e. The Labute approximate surface area is 178 Å². The van der Waals surface area contributed by atoms with Crippen LogP contribution in [0.15, 0.2) is 23.1 Å². The lowest BCUT2D eigenvalue weighted by Crippen LogP contribution is -2.40. The summed E-state index contributed by atoms with van der Waals surface area (Å²) in [5, 5.41) is 9.40. The fourth-order valence-corrected chi connectivity index (χ4v) is 5.07. The lowest BCUT2D eigenvalue weighted by molar-refractivity contribution is -0.139. The highest BCUT2D eigenvalue weighted by Gasteiger charge is 2.43. The van der Waals surface area contributed by atoms with Gasteiger partial charge < -0.3 is 14.4 Å². The third kappa shape index (κ3) is 4.39. The first-order valence-corrected chi connectivity index (χ1v) is 11.9. The number of nitrogens with zero attached hydrogens (tertiary/aromatic N) is 2. The van der Waals surface area contributed by atoms with Gasteiger partial charge in [0.15, 0.2) is 14.6 Å². The van der Waals surface area contributed by atoms with E-state index in [9.17, 15) is 18.3 Å². The topological polar surface area (TPSA) is 98.5 Å². The molecule has 166 valence electrons. The van der Waals surface area contributed by atoms with Crippen LogP contribution in [0.2, 0.25) is 0 Å². The van der Waals surface area contributed by atoms with Crippen LogP contribution in [-0.4, -0.2) is 47.0 Å². The third-order valence-electron chi connectivity index (χ3n) is 5.77. The minimum absolute atomic E-state index is 0.0135. The summed E-state index contributed by atoms with van der Waals surface area (Å²) in [6.45, 7) is 11.2. The average Bonchev–Trinajstić information content (AvgIpc) is 2.97. The number of hydrogen-bond acceptors (Lipinski definition) is 5. The van der Waals surface area contributed by atoms with Gasteiger partial charge in [-0.1, -0.05) is 20.8 Å². The molecule has 0 amide bonds. The van der Waals surface area contributed by atoms with Crippen LogP contribution in [-0.2, 0) is 32.3 Å². The third-order valence-corrected chi connectivity index (χ3v) is 8.16. The predicted octanol–water partition coefficient (Wildman–Crippen LogP) is 3.69. The van der Waals surface area contributed by atoms with Crippen LogP contribution in [0.4, 0.5) is 0 Å². The van der Waals surface area contributed by atoms with E-state index >= 15 is 0 Å². The summed E-state index contributed by atoms with van der Waals surface area (Å²) in [5.74, 6) is 0.0429. The van der Waals surface area contributed by atoms with Crippen molar-refractivity contribution in [2.45, 2.75) is 70.1 Å². The van der Waals surface area contributed by atoms with Gasteiger partial charge in [-0.2, -0.15) is 0 Å². The van der Waals surface area contributed by atoms with Gasteiger partial charge in [-0.3, -0.25) is 4.79 Å². The minimum atomic E-state index is -4.06. The second-order valence-corrected chi connectivity index (χ2v) is 12.4. The van der Waals surface area contributed by atoms with Crippen LogP contribution < -0.4 is 0 Å². The Morgan fingerprint density at radius 3 is 2.40 bits per heavy atom. The number of aliphatic carboxylic acids is 1. The molecule has 1 saturated heterocycles. The Bertz CT molecular complexity index is 1040. The van der Waals surface area contributed by atoms with Crippen molar-refractivity contribution in [3.8, 4) is 0 Å². The van der Waals surface area contributed by atoms with Gasteiger partial charge in [0.05, 0.1) is 15.9 Å². The molecule has 30 heavy (non-hydrogen) atoms.